The maximum absolute atomic E-state index is 12.2. The van der Waals surface area contributed by atoms with Gasteiger partial charge >= 0.3 is 12.1 Å². The van der Waals surface area contributed by atoms with Gasteiger partial charge < -0.3 is 15.8 Å². The van der Waals surface area contributed by atoms with Crippen LogP contribution in [0.25, 0.3) is 10.2 Å². The van der Waals surface area contributed by atoms with Crippen LogP contribution in [-0.2, 0) is 25.6 Å². The highest BCUT2D eigenvalue weighted by Crippen LogP contribution is 2.34. The van der Waals surface area contributed by atoms with E-state index in [1.165, 1.54) is 34.4 Å². The number of carboxylic acid groups (broad SMARTS) is 1. The first-order valence-electron chi connectivity index (χ1n) is 8.35. The standard InChI is InChI=1S/C10H8N2O3S.C8H8F3N/c13-8-6-4-2-1-3-5(4)16-9(6)12-7(11-8)10(14)15;9-8(10,11)7-4-2-1-3-6(7)5-12/h1-3H2,(H,14,15)(H,11,12,13);1-4H,5,12H2. The first kappa shape index (κ1) is 20.0. The first-order chi connectivity index (χ1) is 13.2. The molecule has 0 saturated heterocycles. The Bertz CT molecular complexity index is 1090. The van der Waals surface area contributed by atoms with Crippen molar-refractivity contribution in [3.8, 4) is 0 Å². The van der Waals surface area contributed by atoms with Crippen LogP contribution < -0.4 is 11.3 Å². The summed E-state index contributed by atoms with van der Waals surface area (Å²) in [4.78, 5) is 30.5. The summed E-state index contributed by atoms with van der Waals surface area (Å²) in [6, 6.07) is 5.30. The molecular weight excluding hydrogens is 395 g/mol. The smallest absolute Gasteiger partial charge is 0.416 e. The molecule has 0 amide bonds. The number of hydrogen-bond acceptors (Lipinski definition) is 5. The monoisotopic (exact) mass is 411 g/mol. The Morgan fingerprint density at radius 3 is 2.61 bits per heavy atom. The van der Waals surface area contributed by atoms with Crippen LogP contribution in [0.5, 0.6) is 0 Å². The Labute approximate surface area is 160 Å². The molecule has 1 aliphatic rings. The van der Waals surface area contributed by atoms with Gasteiger partial charge in [0.05, 0.1) is 10.9 Å². The molecule has 0 radical (unpaired) electrons. The van der Waals surface area contributed by atoms with Crippen molar-refractivity contribution in [1.29, 1.82) is 0 Å². The number of thiophene rings is 1. The van der Waals surface area contributed by atoms with Gasteiger partial charge in [-0.05, 0) is 36.5 Å². The van der Waals surface area contributed by atoms with Crippen LogP contribution in [0, 0.1) is 0 Å². The molecule has 0 spiro atoms. The molecule has 0 bridgehead atoms. The van der Waals surface area contributed by atoms with Crippen molar-refractivity contribution in [2.75, 3.05) is 0 Å². The lowest BCUT2D eigenvalue weighted by Crippen LogP contribution is -2.15. The summed E-state index contributed by atoms with van der Waals surface area (Å²) in [5.41, 5.74) is 5.36. The fraction of sp³-hybridized carbons (Fsp3) is 0.278. The predicted molar refractivity (Wildman–Crippen MR) is 98.6 cm³/mol. The third kappa shape index (κ3) is 3.92. The van der Waals surface area contributed by atoms with Crippen molar-refractivity contribution in [2.24, 2.45) is 5.73 Å². The number of aromatic carboxylic acids is 1. The second-order valence-electron chi connectivity index (χ2n) is 6.12. The topological polar surface area (TPSA) is 109 Å². The lowest BCUT2D eigenvalue weighted by atomic mass is 10.1. The Morgan fingerprint density at radius 2 is 2.00 bits per heavy atom. The number of H-pyrrole nitrogens is 1. The number of benzene rings is 1. The van der Waals surface area contributed by atoms with Crippen molar-refractivity contribution in [3.63, 3.8) is 0 Å². The van der Waals surface area contributed by atoms with Gasteiger partial charge in [-0.3, -0.25) is 4.79 Å². The lowest BCUT2D eigenvalue weighted by Gasteiger charge is -2.10. The zero-order valence-electron chi connectivity index (χ0n) is 14.5. The number of aryl methyl sites for hydroxylation is 2. The number of alkyl halides is 3. The average Bonchev–Trinajstić information content (AvgIpc) is 3.22. The molecule has 1 aliphatic carbocycles. The van der Waals surface area contributed by atoms with Gasteiger partial charge in [-0.15, -0.1) is 11.3 Å². The summed E-state index contributed by atoms with van der Waals surface area (Å²) < 4.78 is 36.5. The summed E-state index contributed by atoms with van der Waals surface area (Å²) in [6.07, 6.45) is -1.36. The second-order valence-corrected chi connectivity index (χ2v) is 7.20. The molecule has 10 heteroatoms. The van der Waals surface area contributed by atoms with E-state index in [4.69, 9.17) is 10.8 Å². The zero-order valence-corrected chi connectivity index (χ0v) is 15.3. The Balaban J connectivity index is 0.000000169. The molecule has 0 aliphatic heterocycles. The third-order valence-electron chi connectivity index (χ3n) is 4.32. The number of halogens is 3. The molecule has 4 rings (SSSR count). The van der Waals surface area contributed by atoms with Gasteiger partial charge in [0.2, 0.25) is 5.82 Å². The minimum Gasteiger partial charge on any atom is -0.475 e. The van der Waals surface area contributed by atoms with Gasteiger partial charge in [-0.25, -0.2) is 9.78 Å². The van der Waals surface area contributed by atoms with E-state index in [2.05, 4.69) is 9.97 Å². The third-order valence-corrected chi connectivity index (χ3v) is 5.51. The van der Waals surface area contributed by atoms with Crippen LogP contribution in [-0.4, -0.2) is 21.0 Å². The fourth-order valence-corrected chi connectivity index (χ4v) is 4.34. The molecular formula is C18H16F3N3O3S. The van der Waals surface area contributed by atoms with Crippen molar-refractivity contribution < 1.29 is 23.1 Å². The van der Waals surface area contributed by atoms with Crippen LogP contribution in [0.4, 0.5) is 13.2 Å². The number of hydrogen-bond donors (Lipinski definition) is 3. The average molecular weight is 411 g/mol. The fourth-order valence-electron chi connectivity index (χ4n) is 3.08. The van der Waals surface area contributed by atoms with Gasteiger partial charge in [0.25, 0.3) is 5.56 Å². The number of nitrogens with zero attached hydrogens (tertiary/aromatic N) is 1. The quantitative estimate of drug-likeness (QED) is 0.599. The van der Waals surface area contributed by atoms with E-state index in [0.717, 1.165) is 30.9 Å². The van der Waals surface area contributed by atoms with Crippen LogP contribution in [0.1, 0.15) is 38.6 Å². The molecule has 28 heavy (non-hydrogen) atoms. The number of aromatic nitrogens is 2. The van der Waals surface area contributed by atoms with Gasteiger partial charge in [0.1, 0.15) is 4.83 Å². The minimum atomic E-state index is -4.30. The molecule has 1 aromatic carbocycles. The molecule has 0 unspecified atom stereocenters. The van der Waals surface area contributed by atoms with Crippen molar-refractivity contribution >= 4 is 27.5 Å². The van der Waals surface area contributed by atoms with E-state index in [9.17, 15) is 22.8 Å². The second kappa shape index (κ2) is 7.72. The van der Waals surface area contributed by atoms with Crippen LogP contribution in [0.2, 0.25) is 0 Å². The van der Waals surface area contributed by atoms with E-state index in [1.54, 1.807) is 0 Å². The SMILES string of the molecule is NCc1ccccc1C(F)(F)F.O=C(O)c1nc2sc3c(c2c(=O)[nH]1)CCC3. The zero-order chi connectivity index (χ0) is 20.5. The number of rotatable bonds is 2. The molecule has 2 heterocycles. The number of carboxylic acids is 1. The maximum Gasteiger partial charge on any atom is 0.416 e. The van der Waals surface area contributed by atoms with E-state index in [-0.39, 0.29) is 23.5 Å². The van der Waals surface area contributed by atoms with E-state index in [0.29, 0.717) is 10.2 Å². The Morgan fingerprint density at radius 1 is 1.29 bits per heavy atom. The van der Waals surface area contributed by atoms with E-state index in [1.807, 2.05) is 0 Å². The van der Waals surface area contributed by atoms with Crippen LogP contribution in [0.15, 0.2) is 29.1 Å². The summed E-state index contributed by atoms with van der Waals surface area (Å²) in [5.74, 6) is -1.48. The molecule has 0 fully saturated rings. The van der Waals surface area contributed by atoms with Crippen LogP contribution >= 0.6 is 11.3 Å². The molecule has 6 nitrogen and oxygen atoms in total. The molecule has 2 aromatic heterocycles. The largest absolute Gasteiger partial charge is 0.475 e. The Hall–Kier alpha value is -2.72. The number of aromatic amines is 1. The van der Waals surface area contributed by atoms with E-state index >= 15 is 0 Å². The van der Waals surface area contributed by atoms with Gasteiger partial charge in [0.15, 0.2) is 0 Å². The lowest BCUT2D eigenvalue weighted by molar-refractivity contribution is -0.138. The highest BCUT2D eigenvalue weighted by molar-refractivity contribution is 7.18. The van der Waals surface area contributed by atoms with Crippen molar-refractivity contribution in [3.05, 3.63) is 62.0 Å². The number of nitrogens with one attached hydrogen (secondary N) is 1. The molecule has 148 valence electrons. The van der Waals surface area contributed by atoms with Crippen molar-refractivity contribution in [1.82, 2.24) is 9.97 Å². The number of fused-ring (bicyclic) bond motifs is 3. The van der Waals surface area contributed by atoms with Gasteiger partial charge in [0, 0.05) is 11.4 Å². The van der Waals surface area contributed by atoms with Gasteiger partial charge in [-0.1, -0.05) is 18.2 Å². The number of carbonyl (C=O) groups is 1. The molecule has 4 N–H and O–H groups in total. The molecule has 0 saturated carbocycles. The summed E-state index contributed by atoms with van der Waals surface area (Å²) >= 11 is 1.44. The minimum absolute atomic E-state index is 0.0876. The summed E-state index contributed by atoms with van der Waals surface area (Å²) in [6.45, 7) is -0.0876. The molecule has 0 atom stereocenters. The highest BCUT2D eigenvalue weighted by atomic mass is 32.1. The number of nitrogens with two attached hydrogens (primary N) is 1. The summed E-state index contributed by atoms with van der Waals surface area (Å²) in [7, 11) is 0. The van der Waals surface area contributed by atoms with Crippen LogP contribution in [0.3, 0.4) is 0 Å². The Kier molecular flexibility index (Phi) is 5.52. The van der Waals surface area contributed by atoms with Gasteiger partial charge in [-0.2, -0.15) is 13.2 Å². The molecule has 3 aromatic rings. The summed E-state index contributed by atoms with van der Waals surface area (Å²) in [5, 5.41) is 9.37. The highest BCUT2D eigenvalue weighted by Gasteiger charge is 2.32. The van der Waals surface area contributed by atoms with Crippen molar-refractivity contribution in [2.45, 2.75) is 32.0 Å². The first-order valence-corrected chi connectivity index (χ1v) is 9.17. The predicted octanol–water partition coefficient (Wildman–Crippen LogP) is 3.34. The normalized spacial score (nSPS) is 13.1. The maximum atomic E-state index is 12.2. The van der Waals surface area contributed by atoms with E-state index < -0.39 is 17.7 Å².